The minimum atomic E-state index is -0.465. The van der Waals surface area contributed by atoms with E-state index in [-0.39, 0.29) is 11.3 Å². The second kappa shape index (κ2) is 6.95. The van der Waals surface area contributed by atoms with Crippen molar-refractivity contribution >= 4 is 5.78 Å². The molecular weight excluding hydrogens is 374 g/mol. The van der Waals surface area contributed by atoms with Crippen LogP contribution in [0.25, 0.3) is 0 Å². The molecule has 8 atom stereocenters. The maximum absolute atomic E-state index is 13.4. The van der Waals surface area contributed by atoms with E-state index in [4.69, 9.17) is 0 Å². The van der Waals surface area contributed by atoms with Crippen LogP contribution in [-0.2, 0) is 11.3 Å². The molecule has 1 aromatic rings. The van der Waals surface area contributed by atoms with E-state index in [1.165, 1.54) is 38.5 Å². The van der Waals surface area contributed by atoms with Gasteiger partial charge in [0.15, 0.2) is 5.78 Å². The van der Waals surface area contributed by atoms with Gasteiger partial charge in [-0.15, -0.1) is 0 Å². The average molecular weight is 415 g/mol. The molecule has 5 nitrogen and oxygen atoms in total. The maximum Gasteiger partial charge on any atom is 0.154 e. The minimum Gasteiger partial charge on any atom is -0.510 e. The number of hydrogen-bond donors (Lipinski definition) is 1. The molecule has 0 aliphatic heterocycles. The zero-order valence-corrected chi connectivity index (χ0v) is 19.4. The molecule has 5 rings (SSSR count). The van der Waals surface area contributed by atoms with Crippen molar-refractivity contribution in [2.75, 3.05) is 0 Å². The molecule has 4 fully saturated rings. The summed E-state index contributed by atoms with van der Waals surface area (Å²) >= 11 is 0. The summed E-state index contributed by atoms with van der Waals surface area (Å²) in [5, 5.41) is 18.7. The predicted octanol–water partition coefficient (Wildman–Crippen LogP) is 4.52. The highest BCUT2D eigenvalue weighted by atomic mass is 16.3. The molecule has 0 spiro atoms. The largest absolute Gasteiger partial charge is 0.510 e. The Morgan fingerprint density at radius 2 is 1.93 bits per heavy atom. The first-order valence-electron chi connectivity index (χ1n) is 12.5. The van der Waals surface area contributed by atoms with Gasteiger partial charge < -0.3 is 20.1 Å². The quantitative estimate of drug-likeness (QED) is 0.786. The lowest BCUT2D eigenvalue weighted by molar-refractivity contribution is -0.154. The SMILES string of the molecule is CC[C@]12CC[C@H]3[C@@H](CC[C@@H]4C[C@](C)(O)CC[C@@]43C)[C@@H]1CC[C@@H]2C(=O)Cn1[n-]nc1C. The molecule has 1 aromatic heterocycles. The third-order valence-corrected chi connectivity index (χ3v) is 10.7. The fourth-order valence-electron chi connectivity index (χ4n) is 9.01. The van der Waals surface area contributed by atoms with Crippen molar-refractivity contribution in [3.8, 4) is 0 Å². The molecule has 4 aliphatic carbocycles. The summed E-state index contributed by atoms with van der Waals surface area (Å²) in [6.45, 7) is 9.28. The van der Waals surface area contributed by atoms with Gasteiger partial charge in [-0.05, 0) is 113 Å². The second-order valence-corrected chi connectivity index (χ2v) is 11.9. The average Bonchev–Trinajstić information content (AvgIpc) is 3.11. The van der Waals surface area contributed by atoms with Crippen molar-refractivity contribution in [3.63, 3.8) is 0 Å². The van der Waals surface area contributed by atoms with Gasteiger partial charge in [0.25, 0.3) is 0 Å². The Kier molecular flexibility index (Phi) is 4.81. The van der Waals surface area contributed by atoms with Crippen LogP contribution in [0, 0.1) is 47.3 Å². The fourth-order valence-corrected chi connectivity index (χ4v) is 9.01. The normalized spacial score (nSPS) is 48.1. The molecule has 0 bridgehead atoms. The topological polar surface area (TPSA) is 69.2 Å². The van der Waals surface area contributed by atoms with Crippen molar-refractivity contribution in [2.45, 2.75) is 104 Å². The highest BCUT2D eigenvalue weighted by molar-refractivity contribution is 5.82. The lowest BCUT2D eigenvalue weighted by Gasteiger charge is -2.62. The number of carbonyl (C=O) groups excluding carboxylic acids is 1. The van der Waals surface area contributed by atoms with Crippen LogP contribution in [0.2, 0.25) is 0 Å². The molecule has 0 saturated heterocycles. The van der Waals surface area contributed by atoms with Gasteiger partial charge in [0.05, 0.1) is 18.0 Å². The Labute approximate surface area is 181 Å². The molecule has 5 heteroatoms. The van der Waals surface area contributed by atoms with Crippen LogP contribution in [0.1, 0.15) is 90.8 Å². The van der Waals surface area contributed by atoms with Crippen molar-refractivity contribution in [1.29, 1.82) is 0 Å². The van der Waals surface area contributed by atoms with Crippen molar-refractivity contribution in [3.05, 3.63) is 5.82 Å². The van der Waals surface area contributed by atoms with E-state index in [2.05, 4.69) is 24.2 Å². The van der Waals surface area contributed by atoms with Gasteiger partial charge in [-0.3, -0.25) is 4.79 Å². The summed E-state index contributed by atoms with van der Waals surface area (Å²) < 4.78 is 1.78. The highest BCUT2D eigenvalue weighted by Gasteiger charge is 2.62. The summed E-state index contributed by atoms with van der Waals surface area (Å²) in [6.07, 6.45) is 11.6. The molecule has 4 saturated carbocycles. The van der Waals surface area contributed by atoms with Crippen molar-refractivity contribution in [2.24, 2.45) is 40.4 Å². The first-order valence-corrected chi connectivity index (χ1v) is 12.5. The van der Waals surface area contributed by atoms with E-state index in [0.29, 0.717) is 29.6 Å². The minimum absolute atomic E-state index is 0.203. The molecule has 4 aliphatic rings. The van der Waals surface area contributed by atoms with Crippen LogP contribution in [0.5, 0.6) is 0 Å². The van der Waals surface area contributed by atoms with E-state index in [1.54, 1.807) is 4.68 Å². The number of rotatable bonds is 4. The van der Waals surface area contributed by atoms with Crippen LogP contribution in [0.3, 0.4) is 0 Å². The number of fused-ring (bicyclic) bond motifs is 5. The zero-order chi connectivity index (χ0) is 21.3. The predicted molar refractivity (Wildman–Crippen MR) is 116 cm³/mol. The van der Waals surface area contributed by atoms with E-state index < -0.39 is 5.60 Å². The van der Waals surface area contributed by atoms with Crippen molar-refractivity contribution < 1.29 is 9.90 Å². The van der Waals surface area contributed by atoms with E-state index in [1.807, 2.05) is 13.8 Å². The fraction of sp³-hybridized carbons (Fsp3) is 0.920. The van der Waals surface area contributed by atoms with E-state index >= 15 is 0 Å². The third-order valence-electron chi connectivity index (χ3n) is 10.7. The van der Waals surface area contributed by atoms with Crippen LogP contribution < -0.4 is 5.21 Å². The number of Topliss-reactive ketones (excluding diaryl/α,β-unsaturated/α-hetero) is 1. The molecule has 1 N–H and O–H groups in total. The molecule has 0 radical (unpaired) electrons. The van der Waals surface area contributed by atoms with Crippen LogP contribution in [0.15, 0.2) is 0 Å². The molecular formula is C25H40N3O2-. The first kappa shape index (κ1) is 20.8. The number of carbonyl (C=O) groups is 1. The number of ketones is 1. The summed E-state index contributed by atoms with van der Waals surface area (Å²) in [5.74, 6) is 4.40. The number of hydrogen-bond acceptors (Lipinski definition) is 3. The molecule has 0 aromatic carbocycles. The van der Waals surface area contributed by atoms with Gasteiger partial charge in [-0.25, -0.2) is 0 Å². The summed E-state index contributed by atoms with van der Waals surface area (Å²) in [7, 11) is 0. The number of nitrogens with zero attached hydrogens (tertiary/aromatic N) is 3. The van der Waals surface area contributed by atoms with Gasteiger partial charge >= 0.3 is 0 Å². The lowest BCUT2D eigenvalue weighted by Crippen LogP contribution is -2.56. The first-order chi connectivity index (χ1) is 14.2. The molecule has 1 heterocycles. The molecule has 0 amide bonds. The summed E-state index contributed by atoms with van der Waals surface area (Å²) in [4.78, 5) is 13.4. The molecule has 30 heavy (non-hydrogen) atoms. The standard InChI is InChI=1S/C25H40N3O2/c1-5-25-11-10-19-18(7-6-17-14-23(3,30)12-13-24(17,19)4)20(25)8-9-21(25)22(29)15-28-16(2)26-27-28/h17-21,30H,5-15H2,1-4H3/q-1/t17-,18-,19+,20+,21-,23-,24+,25+/m1/s1. The third kappa shape index (κ3) is 2.90. The highest BCUT2D eigenvalue weighted by Crippen LogP contribution is 2.69. The summed E-state index contributed by atoms with van der Waals surface area (Å²) in [6, 6.07) is 0. The lowest BCUT2D eigenvalue weighted by atomic mass is 9.43. The van der Waals surface area contributed by atoms with Crippen LogP contribution in [0.4, 0.5) is 0 Å². The molecule has 0 unspecified atom stereocenters. The van der Waals surface area contributed by atoms with Gasteiger partial charge in [-0.2, -0.15) is 0 Å². The van der Waals surface area contributed by atoms with Crippen LogP contribution in [-0.4, -0.2) is 26.3 Å². The van der Waals surface area contributed by atoms with Crippen LogP contribution >= 0.6 is 0 Å². The Morgan fingerprint density at radius 3 is 2.60 bits per heavy atom. The number of aliphatic hydroxyl groups is 1. The Morgan fingerprint density at radius 1 is 1.13 bits per heavy atom. The smallest absolute Gasteiger partial charge is 0.154 e. The van der Waals surface area contributed by atoms with Crippen molar-refractivity contribution in [1.82, 2.24) is 15.0 Å². The maximum atomic E-state index is 13.4. The van der Waals surface area contributed by atoms with E-state index in [9.17, 15) is 9.90 Å². The van der Waals surface area contributed by atoms with Gasteiger partial charge in [0.2, 0.25) is 0 Å². The number of aryl methyl sites for hydroxylation is 1. The number of aromatic nitrogens is 3. The van der Waals surface area contributed by atoms with E-state index in [0.717, 1.165) is 43.3 Å². The van der Waals surface area contributed by atoms with Gasteiger partial charge in [0, 0.05) is 5.92 Å². The monoisotopic (exact) mass is 414 g/mol. The Balaban J connectivity index is 1.38. The molecule has 168 valence electrons. The van der Waals surface area contributed by atoms with Gasteiger partial charge in [-0.1, -0.05) is 13.8 Å². The Bertz CT molecular complexity index is 810. The second-order valence-electron chi connectivity index (χ2n) is 11.9. The Hall–Kier alpha value is -1.10. The summed E-state index contributed by atoms with van der Waals surface area (Å²) in [5.41, 5.74) is 0.127. The van der Waals surface area contributed by atoms with Gasteiger partial charge in [0.1, 0.15) is 0 Å². The zero-order valence-electron chi connectivity index (χ0n) is 19.4.